The third-order valence-corrected chi connectivity index (χ3v) is 4.44. The van der Waals surface area contributed by atoms with Crippen molar-refractivity contribution in [3.8, 4) is 0 Å². The molecule has 2 heterocycles. The Morgan fingerprint density at radius 3 is 3.05 bits per heavy atom. The van der Waals surface area contributed by atoms with Gasteiger partial charge in [-0.1, -0.05) is 0 Å². The summed E-state index contributed by atoms with van der Waals surface area (Å²) in [6.07, 6.45) is 0.970. The molecule has 1 aliphatic heterocycles. The largest absolute Gasteiger partial charge is 0.476 e. The van der Waals surface area contributed by atoms with Gasteiger partial charge in [0.1, 0.15) is 0 Å². The molecule has 1 N–H and O–H groups in total. The highest BCUT2D eigenvalue weighted by atomic mass is 32.1. The number of rotatable bonds is 3. The molecule has 1 unspecified atom stereocenters. The van der Waals surface area contributed by atoms with Crippen molar-refractivity contribution in [2.75, 3.05) is 25.1 Å². The van der Waals surface area contributed by atoms with Gasteiger partial charge in [0.15, 0.2) is 11.5 Å². The van der Waals surface area contributed by atoms with E-state index in [9.17, 15) is 9.18 Å². The van der Waals surface area contributed by atoms with Crippen LogP contribution in [0.25, 0.3) is 10.1 Å². The molecule has 0 radical (unpaired) electrons. The number of hydrogen-bond acceptors (Lipinski definition) is 5. The number of anilines is 1. The molecule has 1 fully saturated rings. The maximum atomic E-state index is 14.5. The number of hydrogen-bond donors (Lipinski definition) is 1. The average Bonchev–Trinajstić information content (AvgIpc) is 3.05. The molecular formula is C13H13FN2O3S. The van der Waals surface area contributed by atoms with Crippen molar-refractivity contribution in [2.24, 2.45) is 0 Å². The first kappa shape index (κ1) is 13.3. The maximum absolute atomic E-state index is 14.5. The first-order valence-electron chi connectivity index (χ1n) is 6.20. The van der Waals surface area contributed by atoms with Crippen LogP contribution in [0.1, 0.15) is 16.9 Å². The van der Waals surface area contributed by atoms with Gasteiger partial charge < -0.3 is 14.7 Å². The SMILES string of the molecule is COC1CCN(c2ccc3c(C(=O)O)nsc3c2F)C1. The number of aromatic nitrogens is 1. The number of carbonyl (C=O) groups is 1. The number of fused-ring (bicyclic) bond motifs is 1. The molecule has 1 aromatic carbocycles. The summed E-state index contributed by atoms with van der Waals surface area (Å²) in [5, 5.41) is 9.36. The molecule has 7 heteroatoms. The fraction of sp³-hybridized carbons (Fsp3) is 0.385. The van der Waals surface area contributed by atoms with Crippen molar-refractivity contribution in [3.63, 3.8) is 0 Å². The number of halogens is 1. The van der Waals surface area contributed by atoms with Crippen LogP contribution in [-0.2, 0) is 4.74 Å². The molecule has 1 aromatic heterocycles. The lowest BCUT2D eigenvalue weighted by molar-refractivity contribution is 0.0694. The minimum Gasteiger partial charge on any atom is -0.476 e. The van der Waals surface area contributed by atoms with Crippen LogP contribution < -0.4 is 4.90 Å². The Bertz CT molecular complexity index is 673. The Labute approximate surface area is 118 Å². The number of carboxylic acids is 1. The van der Waals surface area contributed by atoms with Gasteiger partial charge >= 0.3 is 5.97 Å². The van der Waals surface area contributed by atoms with Gasteiger partial charge in [-0.3, -0.25) is 0 Å². The predicted molar refractivity (Wildman–Crippen MR) is 74.2 cm³/mol. The van der Waals surface area contributed by atoms with Crippen molar-refractivity contribution in [1.82, 2.24) is 4.37 Å². The summed E-state index contributed by atoms with van der Waals surface area (Å²) in [4.78, 5) is 12.9. The van der Waals surface area contributed by atoms with Crippen LogP contribution in [-0.4, -0.2) is 41.8 Å². The quantitative estimate of drug-likeness (QED) is 0.942. The topological polar surface area (TPSA) is 62.7 Å². The van der Waals surface area contributed by atoms with Crippen molar-refractivity contribution in [1.29, 1.82) is 0 Å². The standard InChI is InChI=1S/C13H13FN2O3S/c1-19-7-4-5-16(6-7)9-3-2-8-11(13(17)18)15-20-12(8)10(9)14/h2-3,7H,4-6H2,1H3,(H,17,18). The third-order valence-electron chi connectivity index (χ3n) is 3.58. The predicted octanol–water partition coefficient (Wildman–Crippen LogP) is 2.36. The second kappa shape index (κ2) is 4.99. The van der Waals surface area contributed by atoms with Crippen LogP contribution in [0, 0.1) is 5.82 Å². The number of benzene rings is 1. The Morgan fingerprint density at radius 1 is 1.60 bits per heavy atom. The van der Waals surface area contributed by atoms with E-state index < -0.39 is 11.8 Å². The van der Waals surface area contributed by atoms with Crippen LogP contribution in [0.4, 0.5) is 10.1 Å². The van der Waals surface area contributed by atoms with Crippen LogP contribution >= 0.6 is 11.5 Å². The molecule has 5 nitrogen and oxygen atoms in total. The second-order valence-electron chi connectivity index (χ2n) is 4.70. The van der Waals surface area contributed by atoms with Crippen LogP contribution in [0.3, 0.4) is 0 Å². The van der Waals surface area contributed by atoms with E-state index in [-0.39, 0.29) is 11.8 Å². The molecular weight excluding hydrogens is 283 g/mol. The molecule has 20 heavy (non-hydrogen) atoms. The number of methoxy groups -OCH3 is 1. The summed E-state index contributed by atoms with van der Waals surface area (Å²) in [6.45, 7) is 1.37. The Kier molecular flexibility index (Phi) is 3.31. The Hall–Kier alpha value is -1.73. The van der Waals surface area contributed by atoms with E-state index in [1.54, 1.807) is 19.2 Å². The summed E-state index contributed by atoms with van der Waals surface area (Å²) < 4.78 is 23.9. The molecule has 0 bridgehead atoms. The molecule has 0 saturated carbocycles. The molecule has 106 valence electrons. The molecule has 2 aromatic rings. The second-order valence-corrected chi connectivity index (χ2v) is 5.48. The van der Waals surface area contributed by atoms with Crippen LogP contribution in [0.15, 0.2) is 12.1 Å². The third kappa shape index (κ3) is 2.03. The monoisotopic (exact) mass is 296 g/mol. The molecule has 1 aliphatic rings. The molecule has 1 saturated heterocycles. The van der Waals surface area contributed by atoms with Crippen molar-refractivity contribution < 1.29 is 19.0 Å². The average molecular weight is 296 g/mol. The Balaban J connectivity index is 2.02. The summed E-state index contributed by atoms with van der Waals surface area (Å²) in [5.41, 5.74) is 0.393. The number of aromatic carboxylic acids is 1. The van der Waals surface area contributed by atoms with Crippen molar-refractivity contribution in [3.05, 3.63) is 23.6 Å². The van der Waals surface area contributed by atoms with E-state index in [2.05, 4.69) is 4.37 Å². The fourth-order valence-electron chi connectivity index (χ4n) is 2.50. The highest BCUT2D eigenvalue weighted by molar-refractivity contribution is 7.13. The first-order chi connectivity index (χ1) is 9.61. The van der Waals surface area contributed by atoms with E-state index >= 15 is 0 Å². The summed E-state index contributed by atoms with van der Waals surface area (Å²) >= 11 is 0.885. The summed E-state index contributed by atoms with van der Waals surface area (Å²) in [5.74, 6) is -1.53. The zero-order valence-corrected chi connectivity index (χ0v) is 11.6. The number of nitrogens with zero attached hydrogens (tertiary/aromatic N) is 2. The van der Waals surface area contributed by atoms with E-state index in [1.165, 1.54) is 0 Å². The van der Waals surface area contributed by atoms with Gasteiger partial charge in [0.05, 0.1) is 16.5 Å². The molecule has 0 spiro atoms. The molecule has 0 aliphatic carbocycles. The Morgan fingerprint density at radius 2 is 2.40 bits per heavy atom. The highest BCUT2D eigenvalue weighted by Crippen LogP contribution is 2.33. The first-order valence-corrected chi connectivity index (χ1v) is 6.98. The zero-order chi connectivity index (χ0) is 14.3. The highest BCUT2D eigenvalue weighted by Gasteiger charge is 2.26. The lowest BCUT2D eigenvalue weighted by atomic mass is 10.2. The van der Waals surface area contributed by atoms with E-state index in [1.807, 2.05) is 4.90 Å². The zero-order valence-electron chi connectivity index (χ0n) is 10.8. The van der Waals surface area contributed by atoms with Crippen molar-refractivity contribution >= 4 is 33.3 Å². The lowest BCUT2D eigenvalue weighted by Crippen LogP contribution is -2.23. The summed E-state index contributed by atoms with van der Waals surface area (Å²) in [6, 6.07) is 3.25. The normalized spacial score (nSPS) is 18.9. The van der Waals surface area contributed by atoms with Gasteiger partial charge in [-0.2, -0.15) is 4.37 Å². The van der Waals surface area contributed by atoms with E-state index in [0.29, 0.717) is 22.3 Å². The van der Waals surface area contributed by atoms with Gasteiger partial charge in [0.2, 0.25) is 0 Å². The van der Waals surface area contributed by atoms with Gasteiger partial charge in [-0.05, 0) is 30.1 Å². The van der Waals surface area contributed by atoms with Gasteiger partial charge in [0.25, 0.3) is 0 Å². The molecule has 3 rings (SSSR count). The van der Waals surface area contributed by atoms with Gasteiger partial charge in [-0.15, -0.1) is 0 Å². The smallest absolute Gasteiger partial charge is 0.356 e. The summed E-state index contributed by atoms with van der Waals surface area (Å²) in [7, 11) is 1.65. The minimum absolute atomic E-state index is 0.0911. The molecule has 0 amide bonds. The number of ether oxygens (including phenoxy) is 1. The maximum Gasteiger partial charge on any atom is 0.356 e. The van der Waals surface area contributed by atoms with Gasteiger partial charge in [-0.25, -0.2) is 9.18 Å². The fourth-order valence-corrected chi connectivity index (χ4v) is 3.31. The van der Waals surface area contributed by atoms with Gasteiger partial charge in [0, 0.05) is 25.6 Å². The lowest BCUT2D eigenvalue weighted by Gasteiger charge is -2.19. The van der Waals surface area contributed by atoms with E-state index in [0.717, 1.165) is 24.5 Å². The van der Waals surface area contributed by atoms with E-state index in [4.69, 9.17) is 9.84 Å². The van der Waals surface area contributed by atoms with Crippen LogP contribution in [0.5, 0.6) is 0 Å². The van der Waals surface area contributed by atoms with Crippen LogP contribution in [0.2, 0.25) is 0 Å². The number of carboxylic acid groups (broad SMARTS) is 1. The van der Waals surface area contributed by atoms with Crippen molar-refractivity contribution in [2.45, 2.75) is 12.5 Å². The minimum atomic E-state index is -1.14. The molecule has 1 atom stereocenters.